The van der Waals surface area contributed by atoms with Gasteiger partial charge in [-0.15, -0.1) is 0 Å². The molecule has 1 aliphatic heterocycles. The molecule has 0 saturated carbocycles. The first-order valence-electron chi connectivity index (χ1n) is 9.38. The predicted molar refractivity (Wildman–Crippen MR) is 111 cm³/mol. The van der Waals surface area contributed by atoms with Gasteiger partial charge in [0.25, 0.3) is 5.91 Å². The average molecular weight is 420 g/mol. The van der Waals surface area contributed by atoms with E-state index in [0.29, 0.717) is 36.2 Å². The van der Waals surface area contributed by atoms with E-state index in [4.69, 9.17) is 4.74 Å². The van der Waals surface area contributed by atoms with Crippen LogP contribution in [0.1, 0.15) is 50.7 Å². The zero-order chi connectivity index (χ0) is 21.1. The van der Waals surface area contributed by atoms with Gasteiger partial charge in [-0.05, 0) is 25.8 Å². The van der Waals surface area contributed by atoms with Gasteiger partial charge in [0, 0.05) is 25.9 Å². The number of aromatic carboxylic acids is 1. The zero-order valence-electron chi connectivity index (χ0n) is 16.7. The number of aryl methyl sites for hydroxylation is 2. The van der Waals surface area contributed by atoms with E-state index in [-0.39, 0.29) is 22.9 Å². The fraction of sp³-hybridized carbons (Fsp3) is 0.474. The molecule has 29 heavy (non-hydrogen) atoms. The van der Waals surface area contributed by atoms with E-state index in [9.17, 15) is 14.7 Å². The van der Waals surface area contributed by atoms with Crippen molar-refractivity contribution in [2.24, 2.45) is 0 Å². The van der Waals surface area contributed by atoms with E-state index in [1.807, 2.05) is 18.7 Å². The summed E-state index contributed by atoms with van der Waals surface area (Å²) >= 11 is 1.12. The smallest absolute Gasteiger partial charge is 0.348 e. The molecule has 3 rings (SSSR count). The van der Waals surface area contributed by atoms with Crippen LogP contribution in [0, 0.1) is 6.92 Å². The first-order valence-corrected chi connectivity index (χ1v) is 10.2. The summed E-state index contributed by atoms with van der Waals surface area (Å²) in [6.45, 7) is 8.62. The van der Waals surface area contributed by atoms with Crippen molar-refractivity contribution in [1.82, 2.24) is 20.3 Å². The maximum Gasteiger partial charge on any atom is 0.348 e. The van der Waals surface area contributed by atoms with Gasteiger partial charge in [0.1, 0.15) is 4.88 Å². The van der Waals surface area contributed by atoms with Gasteiger partial charge in [0.15, 0.2) is 11.0 Å². The molecule has 10 heteroatoms. The molecule has 2 unspecified atom stereocenters. The molecule has 0 spiro atoms. The van der Waals surface area contributed by atoms with Gasteiger partial charge in [-0.25, -0.2) is 14.8 Å². The van der Waals surface area contributed by atoms with Crippen LogP contribution in [0.5, 0.6) is 0 Å². The number of methoxy groups -OCH3 is 1. The maximum atomic E-state index is 12.6. The van der Waals surface area contributed by atoms with Crippen molar-refractivity contribution in [1.29, 1.82) is 0 Å². The summed E-state index contributed by atoms with van der Waals surface area (Å²) in [6.07, 6.45) is 2.60. The highest BCUT2D eigenvalue weighted by Crippen LogP contribution is 2.30. The maximum absolute atomic E-state index is 12.6. The second-order valence-corrected chi connectivity index (χ2v) is 7.79. The standard InChI is InChI=1S/C19H25N5O4S/c1-5-11-10(3)20-16(21-11)17(25)22-13-7-8-24(9-14(13)28-4)19-23-12(6-2)15(29-19)18(26)27/h6,13-14H,2,5,7-9H2,1,3-4H3,(H,20,21)(H,22,25)(H,26,27). The van der Waals surface area contributed by atoms with Gasteiger partial charge in [-0.3, -0.25) is 4.79 Å². The van der Waals surface area contributed by atoms with Crippen LogP contribution in [-0.2, 0) is 11.2 Å². The molecule has 3 heterocycles. The number of anilines is 1. The quantitative estimate of drug-likeness (QED) is 0.628. The van der Waals surface area contributed by atoms with Crippen LogP contribution in [0.15, 0.2) is 6.58 Å². The summed E-state index contributed by atoms with van der Waals surface area (Å²) < 4.78 is 5.61. The Morgan fingerprint density at radius 2 is 2.24 bits per heavy atom. The average Bonchev–Trinajstić information content (AvgIpc) is 3.31. The highest BCUT2D eigenvalue weighted by Gasteiger charge is 2.33. The number of aromatic amines is 1. The van der Waals surface area contributed by atoms with Gasteiger partial charge in [-0.2, -0.15) is 0 Å². The molecule has 0 aromatic carbocycles. The molecule has 9 nitrogen and oxygen atoms in total. The van der Waals surface area contributed by atoms with Gasteiger partial charge >= 0.3 is 5.97 Å². The first kappa shape index (κ1) is 21.0. The van der Waals surface area contributed by atoms with Crippen molar-refractivity contribution in [3.8, 4) is 0 Å². The zero-order valence-corrected chi connectivity index (χ0v) is 17.5. The molecule has 1 amide bonds. The number of rotatable bonds is 7. The monoisotopic (exact) mass is 419 g/mol. The van der Waals surface area contributed by atoms with Crippen LogP contribution < -0.4 is 10.2 Å². The Bertz CT molecular complexity index is 922. The third-order valence-electron chi connectivity index (χ3n) is 5.03. The number of ether oxygens (including phenoxy) is 1. The molecular weight excluding hydrogens is 394 g/mol. The van der Waals surface area contributed by atoms with Gasteiger partial charge in [0.05, 0.1) is 23.5 Å². The molecule has 0 radical (unpaired) electrons. The van der Waals surface area contributed by atoms with Crippen molar-refractivity contribution >= 4 is 34.4 Å². The number of carboxylic acids is 1. The minimum Gasteiger partial charge on any atom is -0.477 e. The lowest BCUT2D eigenvalue weighted by Gasteiger charge is -2.37. The van der Waals surface area contributed by atoms with Crippen LogP contribution >= 0.6 is 11.3 Å². The number of carbonyl (C=O) groups is 2. The lowest BCUT2D eigenvalue weighted by molar-refractivity contribution is 0.0538. The Morgan fingerprint density at radius 3 is 2.79 bits per heavy atom. The summed E-state index contributed by atoms with van der Waals surface area (Å²) in [4.78, 5) is 37.9. The van der Waals surface area contributed by atoms with E-state index in [1.165, 1.54) is 6.08 Å². The second kappa shape index (κ2) is 8.75. The number of nitrogens with one attached hydrogen (secondary N) is 2. The van der Waals surface area contributed by atoms with Gasteiger partial charge in [0.2, 0.25) is 0 Å². The van der Waals surface area contributed by atoms with Crippen LogP contribution in [0.25, 0.3) is 6.08 Å². The fourth-order valence-electron chi connectivity index (χ4n) is 3.43. The normalized spacial score (nSPS) is 19.2. The van der Waals surface area contributed by atoms with Crippen molar-refractivity contribution < 1.29 is 19.4 Å². The van der Waals surface area contributed by atoms with Crippen molar-refractivity contribution in [2.75, 3.05) is 25.1 Å². The molecule has 2 aromatic heterocycles. The number of H-pyrrole nitrogens is 1. The Morgan fingerprint density at radius 1 is 1.48 bits per heavy atom. The number of imidazole rings is 1. The molecule has 0 bridgehead atoms. The number of carbonyl (C=O) groups excluding carboxylic acids is 1. The molecule has 0 aliphatic carbocycles. The van der Waals surface area contributed by atoms with Gasteiger partial charge in [-0.1, -0.05) is 24.8 Å². The van der Waals surface area contributed by atoms with Crippen LogP contribution in [0.3, 0.4) is 0 Å². The molecule has 2 aromatic rings. The number of carboxylic acid groups (broad SMARTS) is 1. The number of hydrogen-bond donors (Lipinski definition) is 3. The number of piperidine rings is 1. The number of nitrogens with zero attached hydrogens (tertiary/aromatic N) is 3. The van der Waals surface area contributed by atoms with E-state index < -0.39 is 5.97 Å². The molecule has 1 aliphatic rings. The summed E-state index contributed by atoms with van der Waals surface area (Å²) in [5, 5.41) is 12.9. The first-order chi connectivity index (χ1) is 13.9. The van der Waals surface area contributed by atoms with Crippen LogP contribution in [-0.4, -0.2) is 64.3 Å². The molecule has 156 valence electrons. The number of aromatic nitrogens is 3. The minimum absolute atomic E-state index is 0.166. The predicted octanol–water partition coefficient (Wildman–Crippen LogP) is 2.10. The Labute approximate surface area is 172 Å². The number of amides is 1. The second-order valence-electron chi connectivity index (χ2n) is 6.81. The van der Waals surface area contributed by atoms with E-state index in [1.54, 1.807) is 7.11 Å². The van der Waals surface area contributed by atoms with Crippen LogP contribution in [0.4, 0.5) is 5.13 Å². The fourth-order valence-corrected chi connectivity index (χ4v) is 4.37. The molecule has 1 saturated heterocycles. The topological polar surface area (TPSA) is 120 Å². The summed E-state index contributed by atoms with van der Waals surface area (Å²) in [7, 11) is 1.60. The molecule has 3 N–H and O–H groups in total. The van der Waals surface area contributed by atoms with Gasteiger partial charge < -0.3 is 25.0 Å². The van der Waals surface area contributed by atoms with E-state index in [0.717, 1.165) is 29.1 Å². The Balaban J connectivity index is 1.70. The lowest BCUT2D eigenvalue weighted by atomic mass is 10.0. The number of thiazole rings is 1. The van der Waals surface area contributed by atoms with Crippen molar-refractivity contribution in [3.05, 3.63) is 34.4 Å². The summed E-state index contributed by atoms with van der Waals surface area (Å²) in [5.41, 5.74) is 2.14. The minimum atomic E-state index is -1.02. The molecule has 1 fully saturated rings. The van der Waals surface area contributed by atoms with Crippen LogP contribution in [0.2, 0.25) is 0 Å². The van der Waals surface area contributed by atoms with Crippen molar-refractivity contribution in [2.45, 2.75) is 38.8 Å². The third-order valence-corrected chi connectivity index (χ3v) is 6.15. The highest BCUT2D eigenvalue weighted by atomic mass is 32.1. The Kier molecular flexibility index (Phi) is 6.33. The van der Waals surface area contributed by atoms with E-state index >= 15 is 0 Å². The third kappa shape index (κ3) is 4.33. The SMILES string of the molecule is C=Cc1nc(N2CCC(NC(=O)c3nc(C)c(CC)[nH]3)C(OC)C2)sc1C(=O)O. The highest BCUT2D eigenvalue weighted by molar-refractivity contribution is 7.17. The van der Waals surface area contributed by atoms with E-state index in [2.05, 4.69) is 26.8 Å². The molecular formula is C19H25N5O4S. The molecule has 2 atom stereocenters. The van der Waals surface area contributed by atoms with Crippen molar-refractivity contribution in [3.63, 3.8) is 0 Å². The Hall–Kier alpha value is -2.72. The number of hydrogen-bond acceptors (Lipinski definition) is 7. The summed E-state index contributed by atoms with van der Waals surface area (Å²) in [6, 6.07) is -0.183. The lowest BCUT2D eigenvalue weighted by Crippen LogP contribution is -2.55. The largest absolute Gasteiger partial charge is 0.477 e. The summed E-state index contributed by atoms with van der Waals surface area (Å²) in [5.74, 6) is -0.975.